The fourth-order valence-electron chi connectivity index (χ4n) is 2.78. The van der Waals surface area contributed by atoms with Crippen LogP contribution in [0.5, 0.6) is 0 Å². The molecular weight excluding hydrogens is 300 g/mol. The second kappa shape index (κ2) is 7.65. The third kappa shape index (κ3) is 3.82. The van der Waals surface area contributed by atoms with Gasteiger partial charge in [-0.25, -0.2) is 0 Å². The number of hydrogen-bond donors (Lipinski definition) is 1. The van der Waals surface area contributed by atoms with E-state index in [9.17, 15) is 4.79 Å². The molecule has 1 amide bonds. The summed E-state index contributed by atoms with van der Waals surface area (Å²) in [4.78, 5) is 14.9. The molecule has 0 saturated carbocycles. The molecule has 21 heavy (non-hydrogen) atoms. The van der Waals surface area contributed by atoms with Gasteiger partial charge in [-0.3, -0.25) is 10.1 Å². The summed E-state index contributed by atoms with van der Waals surface area (Å²) in [5, 5.41) is 7.77. The fraction of sp³-hybridized carbons (Fsp3) is 0.688. The van der Waals surface area contributed by atoms with Gasteiger partial charge in [-0.15, -0.1) is 0 Å². The molecule has 118 valence electrons. The zero-order chi connectivity index (χ0) is 15.4. The second-order valence-electron chi connectivity index (χ2n) is 5.93. The van der Waals surface area contributed by atoms with Crippen molar-refractivity contribution in [2.75, 3.05) is 11.5 Å². The van der Waals surface area contributed by atoms with Crippen LogP contribution in [0.15, 0.2) is 16.8 Å². The van der Waals surface area contributed by atoms with Gasteiger partial charge in [0.15, 0.2) is 0 Å². The molecule has 5 heteroatoms. The van der Waals surface area contributed by atoms with Crippen LogP contribution in [0.25, 0.3) is 0 Å². The van der Waals surface area contributed by atoms with Crippen LogP contribution in [0.1, 0.15) is 45.8 Å². The molecule has 1 aliphatic rings. The Labute approximate surface area is 136 Å². The second-order valence-corrected chi connectivity index (χ2v) is 8.10. The van der Waals surface area contributed by atoms with Gasteiger partial charge in [0.05, 0.1) is 6.04 Å². The third-order valence-corrected chi connectivity index (χ3v) is 5.65. The average molecular weight is 327 g/mol. The largest absolute Gasteiger partial charge is 0.319 e. The lowest BCUT2D eigenvalue weighted by Gasteiger charge is -2.30. The highest BCUT2D eigenvalue weighted by Crippen LogP contribution is 2.32. The maximum absolute atomic E-state index is 12.8. The molecule has 3 atom stereocenters. The quantitative estimate of drug-likeness (QED) is 0.775. The molecule has 0 spiro atoms. The minimum atomic E-state index is -0.0591. The van der Waals surface area contributed by atoms with Crippen LogP contribution in [-0.2, 0) is 4.79 Å². The van der Waals surface area contributed by atoms with E-state index < -0.39 is 0 Å². The van der Waals surface area contributed by atoms with E-state index in [0.717, 1.165) is 17.9 Å². The molecule has 1 fully saturated rings. The minimum absolute atomic E-state index is 0.0396. The Balaban J connectivity index is 2.15. The number of carbonyl (C=O) groups is 1. The summed E-state index contributed by atoms with van der Waals surface area (Å²) in [5.41, 5.74) is 1.21. The lowest BCUT2D eigenvalue weighted by Crippen LogP contribution is -2.39. The Kier molecular flexibility index (Phi) is 6.14. The summed E-state index contributed by atoms with van der Waals surface area (Å²) in [6.45, 7) is 8.58. The highest BCUT2D eigenvalue weighted by molar-refractivity contribution is 7.99. The van der Waals surface area contributed by atoms with Crippen LogP contribution in [-0.4, -0.2) is 34.4 Å². The first-order valence-electron chi connectivity index (χ1n) is 7.74. The van der Waals surface area contributed by atoms with E-state index in [1.165, 1.54) is 5.56 Å². The molecule has 3 unspecified atom stereocenters. The standard InChI is InChI=1S/C16H26N2OS2/c1-5-20-8-6-12(4)18-15(13-7-9-21-10-13)17-14(11(2)3)16(18)19/h7,9-12,14-15,17H,5-6,8H2,1-4H3. The summed E-state index contributed by atoms with van der Waals surface area (Å²) in [5.74, 6) is 2.84. The van der Waals surface area contributed by atoms with E-state index in [2.05, 4.69) is 54.7 Å². The minimum Gasteiger partial charge on any atom is -0.319 e. The third-order valence-electron chi connectivity index (χ3n) is 4.02. The summed E-state index contributed by atoms with van der Waals surface area (Å²) < 4.78 is 0. The lowest BCUT2D eigenvalue weighted by molar-refractivity contribution is -0.132. The molecule has 1 aromatic heterocycles. The molecular formula is C16H26N2OS2. The van der Waals surface area contributed by atoms with Crippen LogP contribution in [0.3, 0.4) is 0 Å². The normalized spacial score (nSPS) is 24.0. The van der Waals surface area contributed by atoms with E-state index in [1.807, 2.05) is 11.8 Å². The highest BCUT2D eigenvalue weighted by atomic mass is 32.2. The topological polar surface area (TPSA) is 32.3 Å². The molecule has 2 rings (SSSR count). The van der Waals surface area contributed by atoms with Crippen LogP contribution >= 0.6 is 23.1 Å². The molecule has 1 N–H and O–H groups in total. The fourth-order valence-corrected chi connectivity index (χ4v) is 4.26. The zero-order valence-corrected chi connectivity index (χ0v) is 15.0. The highest BCUT2D eigenvalue weighted by Gasteiger charge is 2.42. The first kappa shape index (κ1) is 16.8. The molecule has 0 bridgehead atoms. The molecule has 2 heterocycles. The van der Waals surface area contributed by atoms with Crippen LogP contribution in [0.2, 0.25) is 0 Å². The molecule has 3 nitrogen and oxygen atoms in total. The van der Waals surface area contributed by atoms with Crippen molar-refractivity contribution < 1.29 is 4.79 Å². The van der Waals surface area contributed by atoms with Crippen molar-refractivity contribution >= 4 is 29.0 Å². The Bertz CT molecular complexity index is 447. The number of hydrogen-bond acceptors (Lipinski definition) is 4. The predicted molar refractivity (Wildman–Crippen MR) is 92.7 cm³/mol. The number of amides is 1. The van der Waals surface area contributed by atoms with Gasteiger partial charge in [0, 0.05) is 6.04 Å². The monoisotopic (exact) mass is 326 g/mol. The smallest absolute Gasteiger partial charge is 0.241 e. The van der Waals surface area contributed by atoms with Crippen molar-refractivity contribution in [1.29, 1.82) is 0 Å². The van der Waals surface area contributed by atoms with E-state index in [0.29, 0.717) is 5.92 Å². The number of thioether (sulfide) groups is 1. The number of nitrogens with one attached hydrogen (secondary N) is 1. The Morgan fingerprint density at radius 3 is 2.76 bits per heavy atom. The number of carbonyl (C=O) groups excluding carboxylic acids is 1. The van der Waals surface area contributed by atoms with Crippen molar-refractivity contribution in [3.8, 4) is 0 Å². The van der Waals surface area contributed by atoms with Crippen molar-refractivity contribution in [3.63, 3.8) is 0 Å². The first-order chi connectivity index (χ1) is 10.1. The number of thiophene rings is 1. The van der Waals surface area contributed by atoms with E-state index in [1.54, 1.807) is 11.3 Å². The van der Waals surface area contributed by atoms with Crippen molar-refractivity contribution in [3.05, 3.63) is 22.4 Å². The Morgan fingerprint density at radius 1 is 1.43 bits per heavy atom. The first-order valence-corrected chi connectivity index (χ1v) is 9.84. The zero-order valence-electron chi connectivity index (χ0n) is 13.3. The maximum atomic E-state index is 12.8. The summed E-state index contributed by atoms with van der Waals surface area (Å²) in [6, 6.07) is 2.34. The van der Waals surface area contributed by atoms with Crippen molar-refractivity contribution in [2.45, 2.75) is 52.4 Å². The number of nitrogens with zero attached hydrogens (tertiary/aromatic N) is 1. The van der Waals surface area contributed by atoms with Gasteiger partial charge in [-0.2, -0.15) is 23.1 Å². The average Bonchev–Trinajstić information content (AvgIpc) is 3.05. The maximum Gasteiger partial charge on any atom is 0.241 e. The summed E-state index contributed by atoms with van der Waals surface area (Å²) in [6.07, 6.45) is 1.09. The number of rotatable bonds is 7. The van der Waals surface area contributed by atoms with Gasteiger partial charge in [0.2, 0.25) is 5.91 Å². The Morgan fingerprint density at radius 2 is 2.19 bits per heavy atom. The molecule has 0 radical (unpaired) electrons. The van der Waals surface area contributed by atoms with Gasteiger partial charge in [0.1, 0.15) is 6.17 Å². The van der Waals surface area contributed by atoms with E-state index in [-0.39, 0.29) is 24.2 Å². The van der Waals surface area contributed by atoms with E-state index in [4.69, 9.17) is 0 Å². The van der Waals surface area contributed by atoms with Crippen LogP contribution in [0, 0.1) is 5.92 Å². The van der Waals surface area contributed by atoms with Crippen LogP contribution in [0.4, 0.5) is 0 Å². The van der Waals surface area contributed by atoms with Gasteiger partial charge in [-0.1, -0.05) is 20.8 Å². The molecule has 1 aliphatic heterocycles. The molecule has 1 saturated heterocycles. The van der Waals surface area contributed by atoms with Crippen molar-refractivity contribution in [2.24, 2.45) is 5.92 Å². The molecule has 0 aromatic carbocycles. The lowest BCUT2D eigenvalue weighted by atomic mass is 10.0. The van der Waals surface area contributed by atoms with Crippen molar-refractivity contribution in [1.82, 2.24) is 10.2 Å². The summed E-state index contributed by atoms with van der Waals surface area (Å²) in [7, 11) is 0. The Hall–Kier alpha value is -0.520. The van der Waals surface area contributed by atoms with Gasteiger partial charge < -0.3 is 4.90 Å². The van der Waals surface area contributed by atoms with E-state index >= 15 is 0 Å². The van der Waals surface area contributed by atoms with Crippen LogP contribution < -0.4 is 5.32 Å². The van der Waals surface area contributed by atoms with Gasteiger partial charge >= 0.3 is 0 Å². The molecule has 1 aromatic rings. The SMILES string of the molecule is CCSCCC(C)N1C(=O)C(C(C)C)NC1c1ccsc1. The predicted octanol–water partition coefficient (Wildman–Crippen LogP) is 3.73. The van der Waals surface area contributed by atoms with Gasteiger partial charge in [0.25, 0.3) is 0 Å². The molecule has 0 aliphatic carbocycles. The summed E-state index contributed by atoms with van der Waals surface area (Å²) >= 11 is 3.64. The van der Waals surface area contributed by atoms with Gasteiger partial charge in [-0.05, 0) is 53.2 Å².